The minimum Gasteiger partial charge on any atom is -0.468 e. The molecule has 1 aromatic heterocycles. The van der Waals surface area contributed by atoms with Crippen LogP contribution in [0, 0.1) is 0 Å². The zero-order valence-corrected chi connectivity index (χ0v) is 17.1. The monoisotopic (exact) mass is 459 g/mol. The van der Waals surface area contributed by atoms with Crippen molar-refractivity contribution in [1.82, 2.24) is 14.6 Å². The van der Waals surface area contributed by atoms with Crippen molar-refractivity contribution >= 4 is 15.9 Å². The summed E-state index contributed by atoms with van der Waals surface area (Å²) in [4.78, 5) is 16.0. The second-order valence-electron chi connectivity index (χ2n) is 6.63. The number of carbonyl (C=O) groups is 1. The van der Waals surface area contributed by atoms with E-state index in [0.29, 0.717) is 31.9 Å². The molecule has 0 saturated carbocycles. The molecule has 0 unspecified atom stereocenters. The molecule has 3 rings (SSSR count). The minimum absolute atomic E-state index is 0.128. The van der Waals surface area contributed by atoms with E-state index < -0.39 is 28.7 Å². The number of nitrogens with one attached hydrogen (secondary N) is 1. The highest BCUT2D eigenvalue weighted by Crippen LogP contribution is 2.18. The SMILES string of the molecule is O=C(NCc1ccc(S(=O)(=O)N2CCOCC2)cc1)c1ccc(OCC(F)(F)F)nc1. The summed E-state index contributed by atoms with van der Waals surface area (Å²) < 4.78 is 72.6. The van der Waals surface area contributed by atoms with Crippen molar-refractivity contribution in [2.24, 2.45) is 0 Å². The van der Waals surface area contributed by atoms with Crippen LogP contribution in [0.25, 0.3) is 0 Å². The summed E-state index contributed by atoms with van der Waals surface area (Å²) in [6, 6.07) is 8.61. The Hall–Kier alpha value is -2.70. The number of rotatable bonds is 7. The van der Waals surface area contributed by atoms with Crippen LogP contribution in [0.2, 0.25) is 0 Å². The highest BCUT2D eigenvalue weighted by Gasteiger charge is 2.28. The van der Waals surface area contributed by atoms with Crippen LogP contribution < -0.4 is 10.1 Å². The van der Waals surface area contributed by atoms with Crippen molar-refractivity contribution in [3.63, 3.8) is 0 Å². The van der Waals surface area contributed by atoms with Crippen LogP contribution in [-0.2, 0) is 21.3 Å². The maximum atomic E-state index is 12.6. The van der Waals surface area contributed by atoms with Gasteiger partial charge in [0.2, 0.25) is 15.9 Å². The summed E-state index contributed by atoms with van der Waals surface area (Å²) in [6.45, 7) is -0.0322. The van der Waals surface area contributed by atoms with Crippen LogP contribution in [0.5, 0.6) is 5.88 Å². The highest BCUT2D eigenvalue weighted by molar-refractivity contribution is 7.89. The summed E-state index contributed by atoms with van der Waals surface area (Å²) >= 11 is 0. The van der Waals surface area contributed by atoms with Gasteiger partial charge in [-0.2, -0.15) is 17.5 Å². The van der Waals surface area contributed by atoms with Crippen molar-refractivity contribution in [2.75, 3.05) is 32.9 Å². The van der Waals surface area contributed by atoms with E-state index in [4.69, 9.17) is 4.74 Å². The average molecular weight is 459 g/mol. The summed E-state index contributed by atoms with van der Waals surface area (Å²) in [7, 11) is -3.60. The molecule has 1 aromatic carbocycles. The van der Waals surface area contributed by atoms with Crippen LogP contribution in [0.3, 0.4) is 0 Å². The molecule has 1 amide bonds. The summed E-state index contributed by atoms with van der Waals surface area (Å²) in [6.07, 6.45) is -3.37. The second-order valence-corrected chi connectivity index (χ2v) is 8.57. The van der Waals surface area contributed by atoms with Crippen molar-refractivity contribution in [3.05, 3.63) is 53.7 Å². The van der Waals surface area contributed by atoms with Crippen molar-refractivity contribution in [1.29, 1.82) is 0 Å². The van der Waals surface area contributed by atoms with E-state index >= 15 is 0 Å². The molecule has 1 aliphatic rings. The molecule has 2 heterocycles. The molecule has 0 radical (unpaired) electrons. The molecule has 0 aliphatic carbocycles. The van der Waals surface area contributed by atoms with Gasteiger partial charge in [-0.3, -0.25) is 4.79 Å². The number of hydrogen-bond acceptors (Lipinski definition) is 6. The van der Waals surface area contributed by atoms with Crippen molar-refractivity contribution in [2.45, 2.75) is 17.6 Å². The zero-order chi connectivity index (χ0) is 22.5. The quantitative estimate of drug-likeness (QED) is 0.680. The van der Waals surface area contributed by atoms with Gasteiger partial charge < -0.3 is 14.8 Å². The van der Waals surface area contributed by atoms with E-state index in [9.17, 15) is 26.4 Å². The molecule has 1 N–H and O–H groups in total. The second kappa shape index (κ2) is 9.62. The number of halogens is 3. The Balaban J connectivity index is 1.54. The number of pyridine rings is 1. The predicted octanol–water partition coefficient (Wildman–Crippen LogP) is 1.97. The third kappa shape index (κ3) is 6.39. The number of alkyl halides is 3. The molecule has 31 heavy (non-hydrogen) atoms. The van der Waals surface area contributed by atoms with Crippen LogP contribution in [0.4, 0.5) is 13.2 Å². The molecule has 1 aliphatic heterocycles. The summed E-state index contributed by atoms with van der Waals surface area (Å²) in [5.74, 6) is -0.731. The maximum Gasteiger partial charge on any atom is 0.422 e. The number of benzene rings is 1. The molecule has 2 aromatic rings. The van der Waals surface area contributed by atoms with Crippen LogP contribution in [0.1, 0.15) is 15.9 Å². The number of carbonyl (C=O) groups excluding carboxylic acids is 1. The van der Waals surface area contributed by atoms with Gasteiger partial charge in [0.25, 0.3) is 5.91 Å². The van der Waals surface area contributed by atoms with Gasteiger partial charge in [-0.05, 0) is 23.8 Å². The van der Waals surface area contributed by atoms with Gasteiger partial charge in [0.15, 0.2) is 6.61 Å². The number of nitrogens with zero attached hydrogens (tertiary/aromatic N) is 2. The Bertz CT molecular complexity index is 990. The lowest BCUT2D eigenvalue weighted by Crippen LogP contribution is -2.40. The first-order chi connectivity index (χ1) is 14.6. The molecule has 0 atom stereocenters. The first-order valence-electron chi connectivity index (χ1n) is 9.26. The Morgan fingerprint density at radius 3 is 2.39 bits per heavy atom. The van der Waals surface area contributed by atoms with Gasteiger partial charge in [0.1, 0.15) is 0 Å². The molecular formula is C19H20F3N3O5S. The fourth-order valence-electron chi connectivity index (χ4n) is 2.76. The lowest BCUT2D eigenvalue weighted by molar-refractivity contribution is -0.154. The smallest absolute Gasteiger partial charge is 0.422 e. The average Bonchev–Trinajstić information content (AvgIpc) is 2.77. The van der Waals surface area contributed by atoms with E-state index in [2.05, 4.69) is 15.0 Å². The molecule has 0 bridgehead atoms. The molecule has 168 valence electrons. The lowest BCUT2D eigenvalue weighted by atomic mass is 10.2. The largest absolute Gasteiger partial charge is 0.468 e. The molecule has 8 nitrogen and oxygen atoms in total. The van der Waals surface area contributed by atoms with E-state index in [1.54, 1.807) is 12.1 Å². The van der Waals surface area contributed by atoms with Gasteiger partial charge in [0.05, 0.1) is 23.7 Å². The number of morpholine rings is 1. The number of amides is 1. The number of hydrogen-bond donors (Lipinski definition) is 1. The third-order valence-electron chi connectivity index (χ3n) is 4.37. The van der Waals surface area contributed by atoms with Gasteiger partial charge in [0, 0.05) is 31.9 Å². The minimum atomic E-state index is -4.48. The normalized spacial score (nSPS) is 15.5. The van der Waals surface area contributed by atoms with Gasteiger partial charge in [-0.15, -0.1) is 0 Å². The third-order valence-corrected chi connectivity index (χ3v) is 6.28. The zero-order valence-electron chi connectivity index (χ0n) is 16.3. The van der Waals surface area contributed by atoms with Gasteiger partial charge in [-0.25, -0.2) is 13.4 Å². The maximum absolute atomic E-state index is 12.6. The predicted molar refractivity (Wildman–Crippen MR) is 103 cm³/mol. The summed E-state index contributed by atoms with van der Waals surface area (Å²) in [5.41, 5.74) is 0.818. The molecule has 12 heteroatoms. The molecule has 1 fully saturated rings. The Kier molecular flexibility index (Phi) is 7.13. The van der Waals surface area contributed by atoms with Crippen LogP contribution in [0.15, 0.2) is 47.5 Å². The van der Waals surface area contributed by atoms with Gasteiger partial charge >= 0.3 is 6.18 Å². The van der Waals surface area contributed by atoms with Crippen LogP contribution >= 0.6 is 0 Å². The van der Waals surface area contributed by atoms with E-state index in [1.807, 2.05) is 0 Å². The Morgan fingerprint density at radius 2 is 1.81 bits per heavy atom. The highest BCUT2D eigenvalue weighted by atomic mass is 32.2. The van der Waals surface area contributed by atoms with E-state index in [0.717, 1.165) is 6.20 Å². The molecular weight excluding hydrogens is 439 g/mol. The number of aromatic nitrogens is 1. The van der Waals surface area contributed by atoms with E-state index in [1.165, 1.54) is 28.6 Å². The molecule has 0 spiro atoms. The van der Waals surface area contributed by atoms with Gasteiger partial charge in [-0.1, -0.05) is 12.1 Å². The summed E-state index contributed by atoms with van der Waals surface area (Å²) in [5, 5.41) is 2.64. The fourth-order valence-corrected chi connectivity index (χ4v) is 4.16. The molecule has 1 saturated heterocycles. The Labute approximate surface area is 177 Å². The first-order valence-corrected chi connectivity index (χ1v) is 10.7. The lowest BCUT2D eigenvalue weighted by Gasteiger charge is -2.26. The van der Waals surface area contributed by atoms with Crippen molar-refractivity contribution < 1.29 is 35.9 Å². The Morgan fingerprint density at radius 1 is 1.13 bits per heavy atom. The fraction of sp³-hybridized carbons (Fsp3) is 0.368. The topological polar surface area (TPSA) is 97.8 Å². The number of ether oxygens (including phenoxy) is 2. The number of sulfonamides is 1. The van der Waals surface area contributed by atoms with E-state index in [-0.39, 0.29) is 22.9 Å². The van der Waals surface area contributed by atoms with Crippen LogP contribution in [-0.4, -0.2) is 62.7 Å². The standard InChI is InChI=1S/C19H20F3N3O5S/c20-19(21,22)13-30-17-6-3-15(12-23-17)18(26)24-11-14-1-4-16(5-2-14)31(27,28)25-7-9-29-10-8-25/h1-6,12H,7-11,13H2,(H,24,26). The van der Waals surface area contributed by atoms with Crippen molar-refractivity contribution in [3.8, 4) is 5.88 Å². The first kappa shape index (κ1) is 23.0.